The van der Waals surface area contributed by atoms with Gasteiger partial charge < -0.3 is 4.74 Å². The molecule has 1 aromatic carbocycles. The van der Waals surface area contributed by atoms with E-state index in [4.69, 9.17) is 4.74 Å². The monoisotopic (exact) mass is 347 g/mol. The average molecular weight is 348 g/mol. The third-order valence-electron chi connectivity index (χ3n) is 2.80. The van der Waals surface area contributed by atoms with Crippen molar-refractivity contribution in [2.45, 2.75) is 6.92 Å². The molecule has 1 amide bonds. The summed E-state index contributed by atoms with van der Waals surface area (Å²) < 4.78 is 5.84. The Balaban J connectivity index is 2.07. The smallest absolute Gasteiger partial charge is 0.272 e. The zero-order valence-electron chi connectivity index (χ0n) is 11.6. The van der Waals surface area contributed by atoms with Crippen molar-refractivity contribution in [2.75, 3.05) is 7.11 Å². The number of carbonyl (C=O) groups excluding carboxylic acids is 1. The van der Waals surface area contributed by atoms with Gasteiger partial charge >= 0.3 is 0 Å². The van der Waals surface area contributed by atoms with Gasteiger partial charge in [-0.05, 0) is 58.7 Å². The Morgan fingerprint density at radius 3 is 2.57 bits per heavy atom. The normalized spacial score (nSPS) is 11.1. The standard InChI is InChI=1S/C15H14BrN3O2/c1-10(11-3-5-14(21-2)6-4-11)18-19-15(20)12-7-13(16)9-17-8-12/h3-9H,1-2H3,(H,19,20)/b18-10-. The molecule has 1 N–H and O–H groups in total. The van der Waals surface area contributed by atoms with Crippen LogP contribution >= 0.6 is 15.9 Å². The molecule has 0 aliphatic carbocycles. The topological polar surface area (TPSA) is 63.6 Å². The zero-order valence-corrected chi connectivity index (χ0v) is 13.2. The van der Waals surface area contributed by atoms with Crippen LogP contribution in [0.3, 0.4) is 0 Å². The highest BCUT2D eigenvalue weighted by atomic mass is 79.9. The maximum Gasteiger partial charge on any atom is 0.272 e. The highest BCUT2D eigenvalue weighted by Gasteiger charge is 2.06. The number of rotatable bonds is 4. The van der Waals surface area contributed by atoms with Crippen LogP contribution in [0.2, 0.25) is 0 Å². The largest absolute Gasteiger partial charge is 0.497 e. The number of hydrazone groups is 1. The number of halogens is 1. The van der Waals surface area contributed by atoms with Crippen LogP contribution in [0.1, 0.15) is 22.8 Å². The summed E-state index contributed by atoms with van der Waals surface area (Å²) in [7, 11) is 1.61. The van der Waals surface area contributed by atoms with E-state index in [1.165, 1.54) is 6.20 Å². The molecule has 0 fully saturated rings. The van der Waals surface area contributed by atoms with E-state index in [2.05, 4.69) is 31.4 Å². The lowest BCUT2D eigenvalue weighted by Gasteiger charge is -2.04. The van der Waals surface area contributed by atoms with Crippen LogP contribution in [0.25, 0.3) is 0 Å². The first-order valence-corrected chi connectivity index (χ1v) is 6.99. The molecule has 0 aliphatic rings. The van der Waals surface area contributed by atoms with Crippen molar-refractivity contribution >= 4 is 27.5 Å². The number of aromatic nitrogens is 1. The summed E-state index contributed by atoms with van der Waals surface area (Å²) in [6.45, 7) is 1.82. The fourth-order valence-corrected chi connectivity index (χ4v) is 2.00. The highest BCUT2D eigenvalue weighted by molar-refractivity contribution is 9.10. The maximum atomic E-state index is 11.9. The van der Waals surface area contributed by atoms with E-state index in [1.54, 1.807) is 19.4 Å². The summed E-state index contributed by atoms with van der Waals surface area (Å²) in [4.78, 5) is 15.9. The van der Waals surface area contributed by atoms with Gasteiger partial charge in [-0.25, -0.2) is 5.43 Å². The molecular weight excluding hydrogens is 334 g/mol. The number of carbonyl (C=O) groups is 1. The van der Waals surface area contributed by atoms with Crippen LogP contribution in [0.4, 0.5) is 0 Å². The van der Waals surface area contributed by atoms with E-state index in [-0.39, 0.29) is 5.91 Å². The van der Waals surface area contributed by atoms with Crippen molar-refractivity contribution in [3.63, 3.8) is 0 Å². The third kappa shape index (κ3) is 4.13. The minimum Gasteiger partial charge on any atom is -0.497 e. The summed E-state index contributed by atoms with van der Waals surface area (Å²) >= 11 is 3.27. The second-order valence-electron chi connectivity index (χ2n) is 4.26. The number of amides is 1. The van der Waals surface area contributed by atoms with Gasteiger partial charge in [0.25, 0.3) is 5.91 Å². The van der Waals surface area contributed by atoms with Crippen molar-refractivity contribution in [3.8, 4) is 5.75 Å². The molecule has 0 aliphatic heterocycles. The van der Waals surface area contributed by atoms with E-state index in [0.29, 0.717) is 11.3 Å². The lowest BCUT2D eigenvalue weighted by molar-refractivity contribution is 0.0954. The van der Waals surface area contributed by atoms with Gasteiger partial charge in [-0.2, -0.15) is 5.10 Å². The zero-order chi connectivity index (χ0) is 15.2. The summed E-state index contributed by atoms with van der Waals surface area (Å²) in [5.74, 6) is 0.465. The second kappa shape index (κ2) is 6.99. The van der Waals surface area contributed by atoms with Crippen molar-refractivity contribution in [3.05, 3.63) is 58.3 Å². The first-order chi connectivity index (χ1) is 10.1. The molecule has 6 heteroatoms. The molecular formula is C15H14BrN3O2. The minimum atomic E-state index is -0.309. The summed E-state index contributed by atoms with van der Waals surface area (Å²) in [5.41, 5.74) is 4.56. The molecule has 21 heavy (non-hydrogen) atoms. The number of nitrogens with one attached hydrogen (secondary N) is 1. The maximum absolute atomic E-state index is 11.9. The number of benzene rings is 1. The number of hydrogen-bond acceptors (Lipinski definition) is 4. The van der Waals surface area contributed by atoms with Crippen molar-refractivity contribution in [2.24, 2.45) is 5.10 Å². The third-order valence-corrected chi connectivity index (χ3v) is 3.23. The van der Waals surface area contributed by atoms with Gasteiger partial charge in [0.2, 0.25) is 0 Å². The lowest BCUT2D eigenvalue weighted by Crippen LogP contribution is -2.19. The summed E-state index contributed by atoms with van der Waals surface area (Å²) in [6.07, 6.45) is 3.10. The molecule has 1 aromatic heterocycles. The molecule has 0 saturated carbocycles. The van der Waals surface area contributed by atoms with Crippen molar-refractivity contribution in [1.82, 2.24) is 10.4 Å². The number of pyridine rings is 1. The van der Waals surface area contributed by atoms with Gasteiger partial charge in [0.05, 0.1) is 18.4 Å². The molecule has 0 spiro atoms. The van der Waals surface area contributed by atoms with Crippen LogP contribution in [-0.4, -0.2) is 23.7 Å². The Morgan fingerprint density at radius 1 is 1.24 bits per heavy atom. The molecule has 0 atom stereocenters. The van der Waals surface area contributed by atoms with Gasteiger partial charge in [0.15, 0.2) is 0 Å². The van der Waals surface area contributed by atoms with Crippen LogP contribution in [0.15, 0.2) is 52.3 Å². The van der Waals surface area contributed by atoms with Crippen LogP contribution in [0.5, 0.6) is 5.75 Å². The molecule has 0 unspecified atom stereocenters. The predicted octanol–water partition coefficient (Wildman–Crippen LogP) is 3.01. The Morgan fingerprint density at radius 2 is 1.95 bits per heavy atom. The quantitative estimate of drug-likeness (QED) is 0.682. The number of hydrogen-bond donors (Lipinski definition) is 1. The molecule has 0 bridgehead atoms. The van der Waals surface area contributed by atoms with Crippen LogP contribution in [-0.2, 0) is 0 Å². The molecule has 0 radical (unpaired) electrons. The Bertz CT molecular complexity index is 669. The van der Waals surface area contributed by atoms with E-state index in [9.17, 15) is 4.79 Å². The number of nitrogens with zero attached hydrogens (tertiary/aromatic N) is 2. The Kier molecular flexibility index (Phi) is 5.05. The Labute approximate surface area is 131 Å². The van der Waals surface area contributed by atoms with Gasteiger partial charge in [-0.15, -0.1) is 0 Å². The second-order valence-corrected chi connectivity index (χ2v) is 5.17. The molecule has 2 rings (SSSR count). The highest BCUT2D eigenvalue weighted by Crippen LogP contribution is 2.12. The van der Waals surface area contributed by atoms with Gasteiger partial charge in [0.1, 0.15) is 5.75 Å². The lowest BCUT2D eigenvalue weighted by atomic mass is 10.1. The Hall–Kier alpha value is -2.21. The first kappa shape index (κ1) is 15.2. The van der Waals surface area contributed by atoms with Crippen molar-refractivity contribution < 1.29 is 9.53 Å². The minimum absolute atomic E-state index is 0.309. The fourth-order valence-electron chi connectivity index (χ4n) is 1.63. The van der Waals surface area contributed by atoms with E-state index < -0.39 is 0 Å². The molecule has 5 nitrogen and oxygen atoms in total. The fraction of sp³-hybridized carbons (Fsp3) is 0.133. The SMILES string of the molecule is COc1ccc(/C(C)=N\NC(=O)c2cncc(Br)c2)cc1. The van der Waals surface area contributed by atoms with Crippen molar-refractivity contribution in [1.29, 1.82) is 0 Å². The van der Waals surface area contributed by atoms with Gasteiger partial charge in [0, 0.05) is 16.9 Å². The first-order valence-electron chi connectivity index (χ1n) is 6.20. The molecule has 108 valence electrons. The van der Waals surface area contributed by atoms with E-state index >= 15 is 0 Å². The summed E-state index contributed by atoms with van der Waals surface area (Å²) in [6, 6.07) is 9.12. The van der Waals surface area contributed by atoms with E-state index in [0.717, 1.165) is 15.8 Å². The van der Waals surface area contributed by atoms with E-state index in [1.807, 2.05) is 31.2 Å². The molecule has 2 aromatic rings. The number of methoxy groups -OCH3 is 1. The van der Waals surface area contributed by atoms with Gasteiger partial charge in [-0.3, -0.25) is 9.78 Å². The van der Waals surface area contributed by atoms with Gasteiger partial charge in [-0.1, -0.05) is 0 Å². The molecule has 1 heterocycles. The molecule has 0 saturated heterocycles. The van der Waals surface area contributed by atoms with Crippen LogP contribution < -0.4 is 10.2 Å². The number of ether oxygens (including phenoxy) is 1. The average Bonchev–Trinajstić information content (AvgIpc) is 2.52. The summed E-state index contributed by atoms with van der Waals surface area (Å²) in [5, 5.41) is 4.09. The van der Waals surface area contributed by atoms with Crippen LogP contribution in [0, 0.1) is 0 Å². The predicted molar refractivity (Wildman–Crippen MR) is 84.6 cm³/mol.